The van der Waals surface area contributed by atoms with Crippen molar-refractivity contribution in [3.63, 3.8) is 0 Å². The van der Waals surface area contributed by atoms with Gasteiger partial charge >= 0.3 is 24.2 Å². The Balaban J connectivity index is 0.000000940. The lowest BCUT2D eigenvalue weighted by Crippen LogP contribution is -2.43. The summed E-state index contributed by atoms with van der Waals surface area (Å²) in [5.41, 5.74) is 6.94. The second-order valence-electron chi connectivity index (χ2n) is 14.5. The summed E-state index contributed by atoms with van der Waals surface area (Å²) in [5.74, 6) is -3.49. The predicted octanol–water partition coefficient (Wildman–Crippen LogP) is 8.09. The summed E-state index contributed by atoms with van der Waals surface area (Å²) in [4.78, 5) is 68.2. The molecule has 0 saturated heterocycles. The Morgan fingerprint density at radius 1 is 1.06 bits per heavy atom. The van der Waals surface area contributed by atoms with Crippen LogP contribution in [0.4, 0.5) is 18.9 Å². The van der Waals surface area contributed by atoms with Crippen LogP contribution in [0.1, 0.15) is 56.3 Å². The van der Waals surface area contributed by atoms with Gasteiger partial charge < -0.3 is 35.0 Å². The van der Waals surface area contributed by atoms with Crippen molar-refractivity contribution in [2.24, 2.45) is 5.73 Å². The number of alkyl halides is 6. The highest BCUT2D eigenvalue weighted by Gasteiger charge is 2.26. The minimum Gasteiger partial charge on any atom is -0.480 e. The van der Waals surface area contributed by atoms with Crippen molar-refractivity contribution < 1.29 is 56.4 Å². The van der Waals surface area contributed by atoms with E-state index in [1.807, 2.05) is 26.0 Å². The van der Waals surface area contributed by atoms with Gasteiger partial charge in [0.25, 0.3) is 5.91 Å². The summed E-state index contributed by atoms with van der Waals surface area (Å²) in [7, 11) is -1.47. The molecular formula is C43H59Cl5F3N6O10P. The molecule has 4 N–H and O–H groups in total. The van der Waals surface area contributed by atoms with Crippen LogP contribution >= 0.6 is 65.4 Å². The minimum absolute atomic E-state index is 0.0223. The van der Waals surface area contributed by atoms with Gasteiger partial charge in [-0.2, -0.15) is 13.5 Å². The first kappa shape index (κ1) is 64.1. The van der Waals surface area contributed by atoms with Crippen molar-refractivity contribution >= 4 is 94.8 Å². The number of para-hydroxylation sites is 1. The van der Waals surface area contributed by atoms with Crippen LogP contribution in [0.3, 0.4) is 0 Å². The maximum Gasteiger partial charge on any atom is 0.355 e. The van der Waals surface area contributed by atoms with Crippen LogP contribution in [-0.2, 0) is 46.1 Å². The second kappa shape index (κ2) is 32.1. The number of hydrogen-bond acceptors (Lipinski definition) is 10. The number of aryl methyl sites for hydroxylation is 3. The van der Waals surface area contributed by atoms with Gasteiger partial charge in [-0.25, -0.2) is 13.8 Å². The van der Waals surface area contributed by atoms with E-state index in [4.69, 9.17) is 83.2 Å². The zero-order valence-electron chi connectivity index (χ0n) is 38.7. The van der Waals surface area contributed by atoms with Gasteiger partial charge in [-0.05, 0) is 69.4 Å². The predicted molar refractivity (Wildman–Crippen MR) is 262 cm³/mol. The van der Waals surface area contributed by atoms with Gasteiger partial charge in [0.05, 0.1) is 24.9 Å². The van der Waals surface area contributed by atoms with Crippen LogP contribution in [0.5, 0.6) is 0 Å². The van der Waals surface area contributed by atoms with Crippen LogP contribution in [0.2, 0.25) is 5.02 Å². The molecule has 4 atom stereocenters. The highest BCUT2D eigenvalue weighted by molar-refractivity contribution is 7.57. The first-order chi connectivity index (χ1) is 31.7. The van der Waals surface area contributed by atoms with E-state index in [-0.39, 0.29) is 76.0 Å². The summed E-state index contributed by atoms with van der Waals surface area (Å²) >= 11 is 28.5. The van der Waals surface area contributed by atoms with Crippen molar-refractivity contribution in [3.8, 4) is 5.69 Å². The highest BCUT2D eigenvalue weighted by Crippen LogP contribution is 2.36. The number of halogens is 8. The van der Waals surface area contributed by atoms with E-state index in [1.165, 1.54) is 18.5 Å². The lowest BCUT2D eigenvalue weighted by atomic mass is 10.0. The topological polar surface area (TPSA) is 217 Å². The van der Waals surface area contributed by atoms with Gasteiger partial charge in [0.15, 0.2) is 18.0 Å². The van der Waals surface area contributed by atoms with Crippen LogP contribution in [-0.4, -0.2) is 127 Å². The van der Waals surface area contributed by atoms with Crippen molar-refractivity contribution in [1.82, 2.24) is 19.2 Å². The highest BCUT2D eigenvalue weighted by atomic mass is 35.5. The third kappa shape index (κ3) is 21.4. The molecule has 1 heterocycles. The monoisotopic (exact) mass is 1080 g/mol. The second-order valence-corrected chi connectivity index (χ2v) is 19.3. The van der Waals surface area contributed by atoms with Gasteiger partial charge in [0.2, 0.25) is 5.91 Å². The summed E-state index contributed by atoms with van der Waals surface area (Å²) < 4.78 is 61.3. The maximum atomic E-state index is 14.2. The standard InChI is InChI=1S/C15H14Cl2F3N3O3.C15H22ClNO2.C8H11Cl2NO.C5H12NO4P/c1-3-26-13(24)10(17)4-8-5-12(11(18)6-9(8)16)23-15(25)22(14(19)20)7(2)21-23;1-5-13-8-6-7-11(2)15(13)17(14(18)9-16)12(3)10-19-4;1-3-5-11(6-4-2)8(12)7(9)10;1-11(9,10)3-2-4(6)5(7)8/h5-6,10,14H,3-4H2,1-2H3;6-8,12H,5,9-10H2,1-4H3;3-4,7H,1-2,5-6H2;4H,2-3,6H2,1H3,(H,7,8)(H,9,10). The van der Waals surface area contributed by atoms with Gasteiger partial charge in [-0.15, -0.1) is 41.5 Å². The average Bonchev–Trinajstić information content (AvgIpc) is 3.56. The molecule has 382 valence electrons. The number of carboxylic acid groups (broad SMARTS) is 1. The van der Waals surface area contributed by atoms with Crippen LogP contribution in [0, 0.1) is 19.7 Å². The first-order valence-corrected chi connectivity index (χ1v) is 25.0. The normalized spacial score (nSPS) is 12.9. The minimum atomic E-state index is -3.12. The van der Waals surface area contributed by atoms with Crippen LogP contribution < -0.4 is 16.3 Å². The molecule has 0 saturated carbocycles. The Bertz CT molecular complexity index is 2240. The number of carbonyl (C=O) groups is 4. The molecule has 1 aromatic heterocycles. The van der Waals surface area contributed by atoms with Crippen molar-refractivity contribution in [2.75, 3.05) is 57.0 Å². The van der Waals surface area contributed by atoms with E-state index in [9.17, 15) is 41.7 Å². The zero-order chi connectivity index (χ0) is 52.6. The Kier molecular flexibility index (Phi) is 30.2. The van der Waals surface area contributed by atoms with Gasteiger partial charge in [0, 0.05) is 44.5 Å². The SMILES string of the molecule is C=CCN(CC=C)C(=O)C(Cl)Cl.CCOC(=O)C(Cl)Cc1cc(-n2nc(C)n(C(F)F)c2=O)c(F)cc1Cl.CCc1cccc(C)c1N(C(=O)CCl)C(C)COC.CP(=O)(O)CCC(N)C(=O)O. The number of carboxylic acids is 1. The van der Waals surface area contributed by atoms with Gasteiger partial charge in [0.1, 0.15) is 28.8 Å². The Morgan fingerprint density at radius 2 is 1.65 bits per heavy atom. The number of ether oxygens (including phenoxy) is 2. The number of esters is 1. The molecule has 25 heteroatoms. The van der Waals surface area contributed by atoms with E-state index in [0.717, 1.165) is 35.4 Å². The number of aliphatic carboxylic acids is 1. The number of nitrogens with zero attached hydrogens (tertiary/aromatic N) is 5. The molecule has 0 fully saturated rings. The number of aromatic nitrogens is 3. The van der Waals surface area contributed by atoms with E-state index in [2.05, 4.69) is 31.2 Å². The molecule has 0 aliphatic carbocycles. The quantitative estimate of drug-likeness (QED) is 0.0399. The number of carbonyl (C=O) groups excluding carboxylic acids is 3. The third-order valence-electron chi connectivity index (χ3n) is 9.01. The number of hydrogen-bond donors (Lipinski definition) is 3. The fourth-order valence-electron chi connectivity index (χ4n) is 5.79. The van der Waals surface area contributed by atoms with Crippen LogP contribution in [0.15, 0.2) is 60.4 Å². The zero-order valence-corrected chi connectivity index (χ0v) is 43.3. The summed E-state index contributed by atoms with van der Waals surface area (Å²) in [5, 5.41) is 10.8. The molecule has 0 aliphatic rings. The first-order valence-electron chi connectivity index (χ1n) is 20.5. The third-order valence-corrected chi connectivity index (χ3v) is 11.4. The average molecular weight is 1090 g/mol. The number of rotatable bonds is 21. The molecule has 68 heavy (non-hydrogen) atoms. The number of anilines is 1. The van der Waals surface area contributed by atoms with E-state index >= 15 is 0 Å². The lowest BCUT2D eigenvalue weighted by Gasteiger charge is -2.31. The summed E-state index contributed by atoms with van der Waals surface area (Å²) in [6.07, 6.45) is 3.98. The van der Waals surface area contributed by atoms with E-state index < -0.39 is 53.6 Å². The molecule has 3 aromatic rings. The Labute approximate surface area is 419 Å². The van der Waals surface area contributed by atoms with E-state index in [1.54, 1.807) is 31.1 Å². The Morgan fingerprint density at radius 3 is 2.09 bits per heavy atom. The van der Waals surface area contributed by atoms with Crippen LogP contribution in [0.25, 0.3) is 5.69 Å². The number of amides is 2. The maximum absolute atomic E-state index is 14.2. The van der Waals surface area contributed by atoms with Gasteiger partial charge in [-0.3, -0.25) is 23.7 Å². The van der Waals surface area contributed by atoms with Crippen molar-refractivity contribution in [3.05, 3.63) is 99.5 Å². The molecule has 16 nitrogen and oxygen atoms in total. The molecule has 4 unspecified atom stereocenters. The molecule has 2 amide bonds. The molecule has 0 radical (unpaired) electrons. The van der Waals surface area contributed by atoms with Crippen molar-refractivity contribution in [1.29, 1.82) is 0 Å². The Hall–Kier alpha value is -3.91. The summed E-state index contributed by atoms with van der Waals surface area (Å²) in [6.45, 7) is 15.4. The molecule has 0 bridgehead atoms. The van der Waals surface area contributed by atoms with Crippen molar-refractivity contribution in [2.45, 2.75) is 82.7 Å². The summed E-state index contributed by atoms with van der Waals surface area (Å²) in [6, 6.07) is 7.04. The molecule has 0 aliphatic heterocycles. The number of nitrogens with two attached hydrogens (primary N) is 1. The molecule has 0 spiro atoms. The smallest absolute Gasteiger partial charge is 0.355 e. The van der Waals surface area contributed by atoms with E-state index in [0.29, 0.717) is 24.4 Å². The fourth-order valence-corrected chi connectivity index (χ4v) is 7.41. The largest absolute Gasteiger partial charge is 0.480 e. The fraction of sp³-hybridized carbons (Fsp3) is 0.488. The lowest BCUT2D eigenvalue weighted by molar-refractivity contribution is -0.142. The number of methoxy groups -OCH3 is 1. The molecule has 2 aromatic carbocycles. The number of benzene rings is 2. The van der Waals surface area contributed by atoms with Gasteiger partial charge in [-0.1, -0.05) is 72.1 Å². The molecule has 3 rings (SSSR count). The molecular weight excluding hydrogens is 1030 g/mol.